The summed E-state index contributed by atoms with van der Waals surface area (Å²) in [6.45, 7) is 2.50. The Morgan fingerprint density at radius 2 is 1.62 bits per heavy atom. The van der Waals surface area contributed by atoms with Crippen LogP contribution in [0.2, 0.25) is 0 Å². The summed E-state index contributed by atoms with van der Waals surface area (Å²) in [5.74, 6) is -0.0985. The van der Waals surface area contributed by atoms with Gasteiger partial charge in [0.25, 0.3) is 0 Å². The number of carbonyl (C=O) groups excluding carboxylic acids is 2. The second kappa shape index (κ2) is 12.9. The Labute approximate surface area is 270 Å². The van der Waals surface area contributed by atoms with Crippen LogP contribution in [0.1, 0.15) is 6.42 Å². The summed E-state index contributed by atoms with van der Waals surface area (Å²) < 4.78 is 28.0. The predicted octanol–water partition coefficient (Wildman–Crippen LogP) is 4.77. The molecule has 47 heavy (non-hydrogen) atoms. The predicted molar refractivity (Wildman–Crippen MR) is 176 cm³/mol. The van der Waals surface area contributed by atoms with E-state index in [0.29, 0.717) is 56.4 Å². The lowest BCUT2D eigenvalue weighted by atomic mass is 9.87. The van der Waals surface area contributed by atoms with Gasteiger partial charge in [-0.15, -0.1) is 0 Å². The zero-order valence-electron chi connectivity index (χ0n) is 25.7. The first-order chi connectivity index (χ1) is 22.9. The van der Waals surface area contributed by atoms with Gasteiger partial charge in [-0.1, -0.05) is 0 Å². The Morgan fingerprint density at radius 1 is 0.894 bits per heavy atom. The number of aromatic amines is 1. The summed E-state index contributed by atoms with van der Waals surface area (Å²) >= 11 is 0. The van der Waals surface area contributed by atoms with Gasteiger partial charge in [-0.25, -0.2) is 18.7 Å². The SMILES string of the molecule is O=C(CN1CCC(CF)(C(=O)Nc2ccc3[nH]nc(-c4ccc(F)cc4)c3c2)C1)N1CCN(c2ccc(-c3ncccn3)cc2)CC1. The van der Waals surface area contributed by atoms with Crippen LogP contribution in [-0.4, -0.2) is 94.3 Å². The van der Waals surface area contributed by atoms with Crippen LogP contribution in [0.5, 0.6) is 0 Å². The third kappa shape index (κ3) is 6.28. The monoisotopic (exact) mass is 636 g/mol. The molecular formula is C35H34F2N8O2. The summed E-state index contributed by atoms with van der Waals surface area (Å²) in [6.07, 6.45) is 3.75. The molecular weight excluding hydrogens is 602 g/mol. The van der Waals surface area contributed by atoms with E-state index in [9.17, 15) is 18.4 Å². The topological polar surface area (TPSA) is 110 Å². The van der Waals surface area contributed by atoms with Gasteiger partial charge in [0, 0.05) is 73.0 Å². The van der Waals surface area contributed by atoms with Gasteiger partial charge < -0.3 is 15.1 Å². The molecule has 10 nitrogen and oxygen atoms in total. The van der Waals surface area contributed by atoms with Crippen molar-refractivity contribution in [2.75, 3.05) is 62.7 Å². The number of rotatable bonds is 8. The summed E-state index contributed by atoms with van der Waals surface area (Å²) in [5, 5.41) is 11.0. The fraction of sp³-hybridized carbons (Fsp3) is 0.286. The Balaban J connectivity index is 0.939. The van der Waals surface area contributed by atoms with Crippen molar-refractivity contribution in [2.24, 2.45) is 5.41 Å². The average molecular weight is 637 g/mol. The Morgan fingerprint density at radius 3 is 2.34 bits per heavy atom. The van der Waals surface area contributed by atoms with Crippen molar-refractivity contribution in [3.05, 3.63) is 91.0 Å². The van der Waals surface area contributed by atoms with E-state index in [1.54, 1.807) is 48.8 Å². The van der Waals surface area contributed by atoms with E-state index in [1.165, 1.54) is 12.1 Å². The minimum atomic E-state index is -1.25. The molecule has 0 spiro atoms. The molecule has 0 saturated carbocycles. The largest absolute Gasteiger partial charge is 0.368 e. The lowest BCUT2D eigenvalue weighted by molar-refractivity contribution is -0.133. The molecule has 4 heterocycles. The number of nitrogens with one attached hydrogen (secondary N) is 2. The van der Waals surface area contributed by atoms with Crippen molar-refractivity contribution in [3.8, 4) is 22.6 Å². The Kier molecular flexibility index (Phi) is 8.33. The van der Waals surface area contributed by atoms with Crippen LogP contribution in [-0.2, 0) is 9.59 Å². The standard InChI is InChI=1S/C35H34F2N8O2/c36-22-35(34(47)40-27-8-11-30-29(20-27)32(42-41-30)24-2-6-26(37)7-3-24)12-15-43(23-35)21-31(46)45-18-16-44(17-19-45)28-9-4-25(5-10-28)33-38-13-1-14-39-33/h1-11,13-14,20H,12,15-19,21-23H2,(H,40,47)(H,41,42). The number of amides is 2. The third-order valence-corrected chi connectivity index (χ3v) is 9.16. The number of anilines is 2. The molecule has 2 N–H and O–H groups in total. The maximum Gasteiger partial charge on any atom is 0.236 e. The van der Waals surface area contributed by atoms with Gasteiger partial charge in [0.05, 0.1) is 23.2 Å². The number of hydrogen-bond acceptors (Lipinski definition) is 7. The summed E-state index contributed by atoms with van der Waals surface area (Å²) in [6, 6.07) is 21.2. The highest BCUT2D eigenvalue weighted by atomic mass is 19.1. The van der Waals surface area contributed by atoms with Gasteiger partial charge in [-0.05, 0) is 85.8 Å². The van der Waals surface area contributed by atoms with E-state index < -0.39 is 18.0 Å². The van der Waals surface area contributed by atoms with E-state index in [1.807, 2.05) is 34.1 Å². The fourth-order valence-electron chi connectivity index (χ4n) is 6.41. The van der Waals surface area contributed by atoms with E-state index in [2.05, 4.69) is 30.4 Å². The average Bonchev–Trinajstić information content (AvgIpc) is 3.74. The summed E-state index contributed by atoms with van der Waals surface area (Å²) in [7, 11) is 0. The molecule has 2 aliphatic rings. The number of piperazine rings is 1. The number of H-pyrrole nitrogens is 1. The maximum atomic E-state index is 14.6. The highest BCUT2D eigenvalue weighted by Crippen LogP contribution is 2.34. The van der Waals surface area contributed by atoms with Crippen LogP contribution in [0, 0.1) is 11.2 Å². The molecule has 0 radical (unpaired) electrons. The smallest absolute Gasteiger partial charge is 0.236 e. The third-order valence-electron chi connectivity index (χ3n) is 9.16. The zero-order valence-corrected chi connectivity index (χ0v) is 25.7. The number of nitrogens with zero attached hydrogens (tertiary/aromatic N) is 6. The molecule has 2 fully saturated rings. The van der Waals surface area contributed by atoms with Crippen LogP contribution in [0.15, 0.2) is 85.2 Å². The number of benzene rings is 3. The van der Waals surface area contributed by atoms with Crippen molar-refractivity contribution < 1.29 is 18.4 Å². The number of alkyl halides is 1. The molecule has 5 aromatic rings. The molecule has 2 saturated heterocycles. The van der Waals surface area contributed by atoms with E-state index in [4.69, 9.17) is 0 Å². The van der Waals surface area contributed by atoms with Gasteiger partial charge in [0.2, 0.25) is 11.8 Å². The number of aromatic nitrogens is 4. The van der Waals surface area contributed by atoms with E-state index >= 15 is 0 Å². The number of fused-ring (bicyclic) bond motifs is 1. The van der Waals surface area contributed by atoms with Crippen LogP contribution < -0.4 is 10.2 Å². The van der Waals surface area contributed by atoms with Crippen LogP contribution in [0.25, 0.3) is 33.5 Å². The molecule has 1 unspecified atom stereocenters. The van der Waals surface area contributed by atoms with Gasteiger partial charge in [0.1, 0.15) is 12.5 Å². The first-order valence-corrected chi connectivity index (χ1v) is 15.6. The van der Waals surface area contributed by atoms with Gasteiger partial charge in [0.15, 0.2) is 5.82 Å². The molecule has 240 valence electrons. The number of halogens is 2. The lowest BCUT2D eigenvalue weighted by Gasteiger charge is -2.37. The van der Waals surface area contributed by atoms with Crippen LogP contribution in [0.4, 0.5) is 20.2 Å². The Bertz CT molecular complexity index is 1880. The molecule has 1 atom stereocenters. The van der Waals surface area contributed by atoms with E-state index in [0.717, 1.165) is 27.7 Å². The summed E-state index contributed by atoms with van der Waals surface area (Å²) in [4.78, 5) is 41.3. The molecule has 0 bridgehead atoms. The number of hydrogen-bond donors (Lipinski definition) is 2. The Hall–Kier alpha value is -5.23. The molecule has 0 aliphatic carbocycles. The van der Waals surface area contributed by atoms with Gasteiger partial charge in [-0.2, -0.15) is 5.10 Å². The van der Waals surface area contributed by atoms with Crippen molar-refractivity contribution in [1.82, 2.24) is 30.0 Å². The molecule has 12 heteroatoms. The minimum Gasteiger partial charge on any atom is -0.368 e. The van der Waals surface area contributed by atoms with Crippen LogP contribution >= 0.6 is 0 Å². The molecule has 7 rings (SSSR count). The maximum absolute atomic E-state index is 14.6. The van der Waals surface area contributed by atoms with Gasteiger partial charge in [-0.3, -0.25) is 19.6 Å². The quantitative estimate of drug-likeness (QED) is 0.253. The normalized spacial score (nSPS) is 18.5. The molecule has 2 aliphatic heterocycles. The minimum absolute atomic E-state index is 0.0185. The first-order valence-electron chi connectivity index (χ1n) is 15.6. The number of carbonyl (C=O) groups is 2. The fourth-order valence-corrected chi connectivity index (χ4v) is 6.41. The molecule has 2 aromatic heterocycles. The zero-order chi connectivity index (χ0) is 32.4. The highest BCUT2D eigenvalue weighted by Gasteiger charge is 2.45. The highest BCUT2D eigenvalue weighted by molar-refractivity contribution is 6.00. The van der Waals surface area contributed by atoms with Crippen molar-refractivity contribution in [2.45, 2.75) is 6.42 Å². The van der Waals surface area contributed by atoms with Crippen LogP contribution in [0.3, 0.4) is 0 Å². The second-order valence-corrected chi connectivity index (χ2v) is 12.2. The lowest BCUT2D eigenvalue weighted by Crippen LogP contribution is -2.51. The van der Waals surface area contributed by atoms with Crippen molar-refractivity contribution in [1.29, 1.82) is 0 Å². The summed E-state index contributed by atoms with van der Waals surface area (Å²) in [5.41, 5.74) is 3.39. The van der Waals surface area contributed by atoms with Crippen molar-refractivity contribution in [3.63, 3.8) is 0 Å². The van der Waals surface area contributed by atoms with Gasteiger partial charge >= 0.3 is 0 Å². The molecule has 3 aromatic carbocycles. The van der Waals surface area contributed by atoms with E-state index in [-0.39, 0.29) is 24.8 Å². The van der Waals surface area contributed by atoms with Crippen molar-refractivity contribution >= 4 is 34.1 Å². The second-order valence-electron chi connectivity index (χ2n) is 12.2. The molecule has 2 amide bonds. The first kappa shape index (κ1) is 30.4. The number of likely N-dealkylation sites (tertiary alicyclic amines) is 1.